The smallest absolute Gasteiger partial charge is 0.123 e. The summed E-state index contributed by atoms with van der Waals surface area (Å²) in [5.41, 5.74) is 2.21. The molecule has 1 aromatic carbocycles. The monoisotopic (exact) mass is 279 g/mol. The molecule has 0 fully saturated rings. The van der Waals surface area contributed by atoms with Crippen LogP contribution < -0.4 is 10.1 Å². The van der Waals surface area contributed by atoms with Gasteiger partial charge in [0.1, 0.15) is 5.75 Å². The normalized spacial score (nSPS) is 10.6. The molecule has 0 atom stereocenters. The molecule has 1 aromatic heterocycles. The van der Waals surface area contributed by atoms with Gasteiger partial charge >= 0.3 is 0 Å². The summed E-state index contributed by atoms with van der Waals surface area (Å²) in [6, 6.07) is 5.70. The zero-order chi connectivity index (χ0) is 13.5. The molecule has 0 radical (unpaired) electrons. The van der Waals surface area contributed by atoms with Crippen molar-refractivity contribution in [2.75, 3.05) is 13.2 Å². The number of hydrogen-bond donors (Lipinski definition) is 2. The summed E-state index contributed by atoms with van der Waals surface area (Å²) >= 11 is 6.01. The molecule has 0 aliphatic carbocycles. The number of benzene rings is 1. The first-order valence-corrected chi connectivity index (χ1v) is 6.76. The average Bonchev–Trinajstić information content (AvgIpc) is 2.91. The van der Waals surface area contributed by atoms with Gasteiger partial charge in [0.05, 0.1) is 12.9 Å². The summed E-state index contributed by atoms with van der Waals surface area (Å²) in [5, 5.41) is 4.11. The van der Waals surface area contributed by atoms with E-state index >= 15 is 0 Å². The van der Waals surface area contributed by atoms with Crippen molar-refractivity contribution in [3.05, 3.63) is 47.0 Å². The molecule has 0 spiro atoms. The Morgan fingerprint density at radius 3 is 3.05 bits per heavy atom. The molecule has 2 aromatic rings. The highest BCUT2D eigenvalue weighted by Crippen LogP contribution is 2.22. The minimum absolute atomic E-state index is 0.656. The largest absolute Gasteiger partial charge is 0.494 e. The molecule has 0 unspecified atom stereocenters. The minimum Gasteiger partial charge on any atom is -0.494 e. The summed E-state index contributed by atoms with van der Waals surface area (Å²) in [6.45, 7) is 4.25. The predicted molar refractivity (Wildman–Crippen MR) is 76.6 cm³/mol. The lowest BCUT2D eigenvalue weighted by Crippen LogP contribution is -2.17. The van der Waals surface area contributed by atoms with E-state index in [1.54, 1.807) is 6.33 Å². The lowest BCUT2D eigenvalue weighted by molar-refractivity contribution is 0.335. The number of aromatic amines is 1. The molecule has 0 bridgehead atoms. The third-order valence-corrected chi connectivity index (χ3v) is 3.00. The Labute approximate surface area is 118 Å². The standard InChI is InChI=1S/C14H18ClN3O/c1-2-19-14-4-3-12(15)7-11(14)8-16-6-5-13-9-17-10-18-13/h3-4,7,9-10,16H,2,5-6,8H2,1H3,(H,17,18). The van der Waals surface area contributed by atoms with Gasteiger partial charge in [-0.25, -0.2) is 4.98 Å². The number of aromatic nitrogens is 2. The van der Waals surface area contributed by atoms with Crippen molar-refractivity contribution in [1.29, 1.82) is 0 Å². The molecule has 0 aliphatic heterocycles. The quantitative estimate of drug-likeness (QED) is 0.766. The van der Waals surface area contributed by atoms with Crippen LogP contribution in [0.1, 0.15) is 18.2 Å². The van der Waals surface area contributed by atoms with Crippen LogP contribution in [-0.4, -0.2) is 23.1 Å². The van der Waals surface area contributed by atoms with Crippen LogP contribution in [0.3, 0.4) is 0 Å². The molecule has 2 N–H and O–H groups in total. The van der Waals surface area contributed by atoms with E-state index in [1.807, 2.05) is 31.3 Å². The van der Waals surface area contributed by atoms with Gasteiger partial charge in [-0.1, -0.05) is 11.6 Å². The lowest BCUT2D eigenvalue weighted by atomic mass is 10.2. The topological polar surface area (TPSA) is 49.9 Å². The maximum atomic E-state index is 6.01. The summed E-state index contributed by atoms with van der Waals surface area (Å²) in [6.07, 6.45) is 4.46. The number of H-pyrrole nitrogens is 1. The van der Waals surface area contributed by atoms with Gasteiger partial charge in [0.15, 0.2) is 0 Å². The van der Waals surface area contributed by atoms with Crippen molar-refractivity contribution in [2.24, 2.45) is 0 Å². The molecular weight excluding hydrogens is 262 g/mol. The first-order valence-electron chi connectivity index (χ1n) is 6.38. The van der Waals surface area contributed by atoms with Gasteiger partial charge in [-0.3, -0.25) is 0 Å². The Bertz CT molecular complexity index is 499. The van der Waals surface area contributed by atoms with E-state index in [0.717, 1.165) is 41.5 Å². The Balaban J connectivity index is 1.85. The zero-order valence-electron chi connectivity index (χ0n) is 10.9. The molecule has 1 heterocycles. The van der Waals surface area contributed by atoms with Crippen LogP contribution in [0.15, 0.2) is 30.7 Å². The maximum absolute atomic E-state index is 6.01. The fourth-order valence-electron chi connectivity index (χ4n) is 1.85. The second kappa shape index (κ2) is 7.16. The Hall–Kier alpha value is -1.52. The Morgan fingerprint density at radius 1 is 1.42 bits per heavy atom. The fraction of sp³-hybridized carbons (Fsp3) is 0.357. The molecule has 5 heteroatoms. The third kappa shape index (κ3) is 4.26. The van der Waals surface area contributed by atoms with Crippen molar-refractivity contribution >= 4 is 11.6 Å². The molecule has 0 aliphatic rings. The Kier molecular flexibility index (Phi) is 5.24. The fourth-order valence-corrected chi connectivity index (χ4v) is 2.04. The first kappa shape index (κ1) is 13.9. The molecular formula is C14H18ClN3O. The van der Waals surface area contributed by atoms with Crippen LogP contribution in [0.2, 0.25) is 5.02 Å². The van der Waals surface area contributed by atoms with Crippen molar-refractivity contribution in [1.82, 2.24) is 15.3 Å². The van der Waals surface area contributed by atoms with Crippen LogP contribution in [0, 0.1) is 0 Å². The van der Waals surface area contributed by atoms with Crippen LogP contribution in [0.25, 0.3) is 0 Å². The van der Waals surface area contributed by atoms with Crippen LogP contribution in [-0.2, 0) is 13.0 Å². The summed E-state index contributed by atoms with van der Waals surface area (Å²) in [7, 11) is 0. The van der Waals surface area contributed by atoms with E-state index in [9.17, 15) is 0 Å². The number of ether oxygens (including phenoxy) is 1. The van der Waals surface area contributed by atoms with Crippen molar-refractivity contribution in [3.63, 3.8) is 0 Å². The van der Waals surface area contributed by atoms with E-state index in [4.69, 9.17) is 16.3 Å². The molecule has 2 rings (SSSR count). The van der Waals surface area contributed by atoms with Crippen molar-refractivity contribution < 1.29 is 4.74 Å². The molecule has 0 saturated heterocycles. The number of nitrogens with zero attached hydrogens (tertiary/aromatic N) is 1. The zero-order valence-corrected chi connectivity index (χ0v) is 11.7. The third-order valence-electron chi connectivity index (χ3n) is 2.76. The average molecular weight is 280 g/mol. The SMILES string of the molecule is CCOc1ccc(Cl)cc1CNCCc1cnc[nH]1. The van der Waals surface area contributed by atoms with E-state index in [1.165, 1.54) is 0 Å². The van der Waals surface area contributed by atoms with Crippen molar-refractivity contribution in [3.8, 4) is 5.75 Å². The summed E-state index contributed by atoms with van der Waals surface area (Å²) < 4.78 is 5.58. The lowest BCUT2D eigenvalue weighted by Gasteiger charge is -2.11. The van der Waals surface area contributed by atoms with Gasteiger partial charge in [-0.15, -0.1) is 0 Å². The molecule has 19 heavy (non-hydrogen) atoms. The first-order chi connectivity index (χ1) is 9.29. The van der Waals surface area contributed by atoms with Crippen LogP contribution in [0.4, 0.5) is 0 Å². The second-order valence-corrected chi connectivity index (χ2v) is 4.63. The van der Waals surface area contributed by atoms with Gasteiger partial charge in [-0.2, -0.15) is 0 Å². The highest BCUT2D eigenvalue weighted by Gasteiger charge is 2.04. The molecule has 0 saturated carbocycles. The number of imidazole rings is 1. The van der Waals surface area contributed by atoms with E-state index < -0.39 is 0 Å². The van der Waals surface area contributed by atoms with Crippen LogP contribution >= 0.6 is 11.6 Å². The molecule has 0 amide bonds. The summed E-state index contributed by atoms with van der Waals surface area (Å²) in [4.78, 5) is 7.07. The molecule has 102 valence electrons. The predicted octanol–water partition coefficient (Wildman–Crippen LogP) is 2.79. The second-order valence-electron chi connectivity index (χ2n) is 4.19. The molecule has 4 nitrogen and oxygen atoms in total. The number of rotatable bonds is 7. The summed E-state index contributed by atoms with van der Waals surface area (Å²) in [5.74, 6) is 0.890. The Morgan fingerprint density at radius 2 is 2.32 bits per heavy atom. The number of nitrogens with one attached hydrogen (secondary N) is 2. The minimum atomic E-state index is 0.656. The van der Waals surface area contributed by atoms with Crippen molar-refractivity contribution in [2.45, 2.75) is 19.9 Å². The van der Waals surface area contributed by atoms with E-state index in [0.29, 0.717) is 6.61 Å². The number of halogens is 1. The van der Waals surface area contributed by atoms with Gasteiger partial charge < -0.3 is 15.0 Å². The van der Waals surface area contributed by atoms with E-state index in [-0.39, 0.29) is 0 Å². The number of hydrogen-bond acceptors (Lipinski definition) is 3. The van der Waals surface area contributed by atoms with Gasteiger partial charge in [0.25, 0.3) is 0 Å². The maximum Gasteiger partial charge on any atom is 0.123 e. The van der Waals surface area contributed by atoms with Gasteiger partial charge in [0, 0.05) is 42.0 Å². The van der Waals surface area contributed by atoms with Gasteiger partial charge in [0.2, 0.25) is 0 Å². The van der Waals surface area contributed by atoms with Crippen LogP contribution in [0.5, 0.6) is 5.75 Å². The van der Waals surface area contributed by atoms with Gasteiger partial charge in [-0.05, 0) is 25.1 Å². The highest BCUT2D eigenvalue weighted by molar-refractivity contribution is 6.30. The van der Waals surface area contributed by atoms with E-state index in [2.05, 4.69) is 15.3 Å². The highest BCUT2D eigenvalue weighted by atomic mass is 35.5.